The monoisotopic (exact) mass is 406 g/mol. The summed E-state index contributed by atoms with van der Waals surface area (Å²) in [6.45, 7) is 10.4. The zero-order valence-corrected chi connectivity index (χ0v) is 15.8. The fourth-order valence-corrected chi connectivity index (χ4v) is 2.66. The molecule has 1 aromatic heterocycles. The minimum atomic E-state index is 0. The standard InChI is InChI=1S/C14H26N6.HI/c1-5-14(3)7-8-20(10-14)13(15-4)16-9-12-18-17-11-19(12)6-2;/h11H,5-10H2,1-4H3,(H,15,16);1H. The average molecular weight is 406 g/mol. The molecule has 0 radical (unpaired) electrons. The summed E-state index contributed by atoms with van der Waals surface area (Å²) in [6, 6.07) is 0. The van der Waals surface area contributed by atoms with E-state index in [1.54, 1.807) is 6.33 Å². The van der Waals surface area contributed by atoms with E-state index in [0.29, 0.717) is 12.0 Å². The normalized spacial score (nSPS) is 22.3. The first-order valence-electron chi connectivity index (χ1n) is 7.44. The molecule has 0 aromatic carbocycles. The van der Waals surface area contributed by atoms with Gasteiger partial charge in [-0.1, -0.05) is 13.8 Å². The summed E-state index contributed by atoms with van der Waals surface area (Å²) >= 11 is 0. The number of hydrogen-bond acceptors (Lipinski definition) is 3. The summed E-state index contributed by atoms with van der Waals surface area (Å²) in [5, 5.41) is 11.5. The van der Waals surface area contributed by atoms with Gasteiger partial charge < -0.3 is 14.8 Å². The van der Waals surface area contributed by atoms with E-state index in [4.69, 9.17) is 0 Å². The number of guanidine groups is 1. The molecule has 1 unspecified atom stereocenters. The number of halogens is 1. The Balaban J connectivity index is 0.00000220. The van der Waals surface area contributed by atoms with Crippen molar-refractivity contribution < 1.29 is 0 Å². The Morgan fingerprint density at radius 1 is 1.48 bits per heavy atom. The number of hydrogen-bond donors (Lipinski definition) is 1. The third-order valence-electron chi connectivity index (χ3n) is 4.36. The second kappa shape index (κ2) is 7.95. The lowest BCUT2D eigenvalue weighted by molar-refractivity contribution is 0.322. The largest absolute Gasteiger partial charge is 0.349 e. The zero-order valence-electron chi connectivity index (χ0n) is 13.5. The lowest BCUT2D eigenvalue weighted by Gasteiger charge is -2.25. The molecule has 1 aromatic rings. The fraction of sp³-hybridized carbons (Fsp3) is 0.786. The van der Waals surface area contributed by atoms with Crippen LogP contribution in [0.25, 0.3) is 0 Å². The molecule has 2 heterocycles. The van der Waals surface area contributed by atoms with Crippen LogP contribution in [-0.2, 0) is 13.1 Å². The summed E-state index contributed by atoms with van der Waals surface area (Å²) in [5.41, 5.74) is 0.418. The van der Waals surface area contributed by atoms with E-state index in [1.165, 1.54) is 12.8 Å². The molecule has 1 aliphatic heterocycles. The molecule has 7 heteroatoms. The van der Waals surface area contributed by atoms with Gasteiger partial charge in [0.15, 0.2) is 11.8 Å². The predicted octanol–water partition coefficient (Wildman–Crippen LogP) is 2.11. The highest BCUT2D eigenvalue weighted by Gasteiger charge is 2.33. The van der Waals surface area contributed by atoms with Gasteiger partial charge in [0, 0.05) is 26.7 Å². The maximum absolute atomic E-state index is 4.40. The second-order valence-electron chi connectivity index (χ2n) is 5.77. The van der Waals surface area contributed by atoms with Gasteiger partial charge in [0.2, 0.25) is 0 Å². The highest BCUT2D eigenvalue weighted by Crippen LogP contribution is 2.32. The van der Waals surface area contributed by atoms with Crippen LogP contribution in [0.4, 0.5) is 0 Å². The van der Waals surface area contributed by atoms with Crippen molar-refractivity contribution >= 4 is 29.9 Å². The van der Waals surface area contributed by atoms with E-state index in [2.05, 4.69) is 46.2 Å². The van der Waals surface area contributed by atoms with Gasteiger partial charge >= 0.3 is 0 Å². The minimum Gasteiger partial charge on any atom is -0.349 e. The van der Waals surface area contributed by atoms with Crippen molar-refractivity contribution in [3.8, 4) is 0 Å². The number of rotatable bonds is 4. The molecule has 0 saturated carbocycles. The Kier molecular flexibility index (Phi) is 6.89. The molecule has 0 amide bonds. The van der Waals surface area contributed by atoms with E-state index in [9.17, 15) is 0 Å². The summed E-state index contributed by atoms with van der Waals surface area (Å²) in [4.78, 5) is 6.74. The van der Waals surface area contributed by atoms with Crippen LogP contribution >= 0.6 is 24.0 Å². The number of nitrogens with one attached hydrogen (secondary N) is 1. The Labute approximate surface area is 144 Å². The van der Waals surface area contributed by atoms with Crippen LogP contribution in [0, 0.1) is 5.41 Å². The molecule has 21 heavy (non-hydrogen) atoms. The molecular weight excluding hydrogens is 379 g/mol. The van der Waals surface area contributed by atoms with Crippen molar-refractivity contribution in [1.29, 1.82) is 0 Å². The van der Waals surface area contributed by atoms with Gasteiger partial charge in [-0.25, -0.2) is 0 Å². The van der Waals surface area contributed by atoms with Crippen LogP contribution in [0.5, 0.6) is 0 Å². The Bertz CT molecular complexity index is 472. The smallest absolute Gasteiger partial charge is 0.194 e. The van der Waals surface area contributed by atoms with Gasteiger partial charge in [-0.05, 0) is 25.2 Å². The van der Waals surface area contributed by atoms with Gasteiger partial charge in [0.1, 0.15) is 6.33 Å². The quantitative estimate of drug-likeness (QED) is 0.473. The van der Waals surface area contributed by atoms with Gasteiger partial charge in [0.25, 0.3) is 0 Å². The van der Waals surface area contributed by atoms with Crippen molar-refractivity contribution in [3.63, 3.8) is 0 Å². The van der Waals surface area contributed by atoms with Gasteiger partial charge in [-0.15, -0.1) is 34.2 Å². The number of likely N-dealkylation sites (tertiary alicyclic amines) is 1. The fourth-order valence-electron chi connectivity index (χ4n) is 2.66. The molecule has 0 spiro atoms. The average Bonchev–Trinajstić information content (AvgIpc) is 3.07. The zero-order chi connectivity index (χ0) is 14.6. The molecule has 1 saturated heterocycles. The molecule has 2 rings (SSSR count). The first-order chi connectivity index (χ1) is 9.61. The van der Waals surface area contributed by atoms with Crippen LogP contribution in [0.1, 0.15) is 39.4 Å². The van der Waals surface area contributed by atoms with Crippen molar-refractivity contribution in [2.45, 2.75) is 46.7 Å². The molecule has 1 fully saturated rings. The van der Waals surface area contributed by atoms with Crippen LogP contribution in [0.2, 0.25) is 0 Å². The highest BCUT2D eigenvalue weighted by molar-refractivity contribution is 14.0. The summed E-state index contributed by atoms with van der Waals surface area (Å²) in [6.07, 6.45) is 4.21. The maximum Gasteiger partial charge on any atom is 0.194 e. The maximum atomic E-state index is 4.40. The Morgan fingerprint density at radius 2 is 2.24 bits per heavy atom. The Hall–Kier alpha value is -0.860. The second-order valence-corrected chi connectivity index (χ2v) is 5.77. The number of aryl methyl sites for hydroxylation is 1. The van der Waals surface area contributed by atoms with Gasteiger partial charge in [-0.3, -0.25) is 4.99 Å². The van der Waals surface area contributed by atoms with Crippen LogP contribution in [-0.4, -0.2) is 45.8 Å². The first kappa shape index (κ1) is 18.2. The summed E-state index contributed by atoms with van der Waals surface area (Å²) < 4.78 is 2.04. The van der Waals surface area contributed by atoms with Crippen LogP contribution in [0.15, 0.2) is 11.3 Å². The molecule has 6 nitrogen and oxygen atoms in total. The minimum absolute atomic E-state index is 0. The van der Waals surface area contributed by atoms with Crippen molar-refractivity contribution in [2.75, 3.05) is 20.1 Å². The molecule has 0 bridgehead atoms. The number of aliphatic imine (C=N–C) groups is 1. The Morgan fingerprint density at radius 3 is 2.81 bits per heavy atom. The van der Waals surface area contributed by atoms with Gasteiger partial charge in [-0.2, -0.15) is 0 Å². The van der Waals surface area contributed by atoms with Crippen molar-refractivity contribution in [1.82, 2.24) is 25.0 Å². The molecule has 1 N–H and O–H groups in total. The van der Waals surface area contributed by atoms with E-state index < -0.39 is 0 Å². The lowest BCUT2D eigenvalue weighted by Crippen LogP contribution is -2.41. The van der Waals surface area contributed by atoms with Crippen molar-refractivity contribution in [2.24, 2.45) is 10.4 Å². The van der Waals surface area contributed by atoms with Gasteiger partial charge in [0.05, 0.1) is 6.54 Å². The molecule has 120 valence electrons. The van der Waals surface area contributed by atoms with Crippen LogP contribution in [0.3, 0.4) is 0 Å². The lowest BCUT2D eigenvalue weighted by atomic mass is 9.87. The van der Waals surface area contributed by atoms with E-state index in [0.717, 1.165) is 31.4 Å². The molecule has 1 atom stereocenters. The van der Waals surface area contributed by atoms with Crippen LogP contribution < -0.4 is 5.32 Å². The predicted molar refractivity (Wildman–Crippen MR) is 95.9 cm³/mol. The summed E-state index contributed by atoms with van der Waals surface area (Å²) in [5.74, 6) is 1.92. The number of aromatic nitrogens is 3. The molecular formula is C14H27IN6. The third-order valence-corrected chi connectivity index (χ3v) is 4.36. The highest BCUT2D eigenvalue weighted by atomic mass is 127. The van der Waals surface area contributed by atoms with E-state index in [-0.39, 0.29) is 24.0 Å². The SMILES string of the molecule is CCn1cnnc1CNC(=NC)N1CCC(C)(CC)C1.I. The topological polar surface area (TPSA) is 58.3 Å². The van der Waals surface area contributed by atoms with E-state index >= 15 is 0 Å². The number of nitrogens with zero attached hydrogens (tertiary/aromatic N) is 5. The molecule has 1 aliphatic rings. The first-order valence-corrected chi connectivity index (χ1v) is 7.44. The summed E-state index contributed by atoms with van der Waals surface area (Å²) in [7, 11) is 1.84. The molecule has 0 aliphatic carbocycles. The van der Waals surface area contributed by atoms with E-state index in [1.807, 2.05) is 11.6 Å². The van der Waals surface area contributed by atoms with Crippen molar-refractivity contribution in [3.05, 3.63) is 12.2 Å². The third kappa shape index (κ3) is 4.31.